The van der Waals surface area contributed by atoms with Gasteiger partial charge in [-0.25, -0.2) is 0 Å². The van der Waals surface area contributed by atoms with E-state index < -0.39 is 0 Å². The zero-order valence-electron chi connectivity index (χ0n) is 16.1. The average Bonchev–Trinajstić information content (AvgIpc) is 2.95. The van der Waals surface area contributed by atoms with Crippen LogP contribution in [-0.2, 0) is 16.1 Å². The number of benzene rings is 1. The Morgan fingerprint density at radius 2 is 1.81 bits per heavy atom. The molecule has 1 aromatic carbocycles. The number of carbonyl (C=O) groups is 2. The molecule has 0 aliphatic heterocycles. The summed E-state index contributed by atoms with van der Waals surface area (Å²) in [6.45, 7) is 12.0. The number of aryl methyl sites for hydroxylation is 4. The number of nitrogens with zero attached hydrogens (tertiary/aromatic N) is 3. The van der Waals surface area contributed by atoms with Crippen LogP contribution >= 0.6 is 11.8 Å². The van der Waals surface area contributed by atoms with Crippen molar-refractivity contribution < 1.29 is 9.59 Å². The number of aromatic nitrogens is 3. The molecule has 2 N–H and O–H groups in total. The van der Waals surface area contributed by atoms with E-state index >= 15 is 0 Å². The standard InChI is InChI=1S/C19H25N5O2S/c1-6-7-24-15(5)22-23-19(24)27-11-17(26)20-10-16(25)21-18-13(3)8-12(2)9-14(18)4/h6,8-9H,1,7,10-11H2,2-5H3,(H,20,26)(H,21,25). The first-order valence-electron chi connectivity index (χ1n) is 8.59. The van der Waals surface area contributed by atoms with Gasteiger partial charge in [0.25, 0.3) is 0 Å². The Bertz CT molecular complexity index is 837. The number of carbonyl (C=O) groups excluding carboxylic acids is 2. The lowest BCUT2D eigenvalue weighted by atomic mass is 10.1. The number of rotatable bonds is 8. The quantitative estimate of drug-likeness (QED) is 0.537. The van der Waals surface area contributed by atoms with Crippen LogP contribution in [0.5, 0.6) is 0 Å². The Morgan fingerprint density at radius 3 is 2.44 bits per heavy atom. The van der Waals surface area contributed by atoms with Crippen LogP contribution in [0.4, 0.5) is 5.69 Å². The van der Waals surface area contributed by atoms with E-state index in [2.05, 4.69) is 27.4 Å². The molecule has 0 bridgehead atoms. The smallest absolute Gasteiger partial charge is 0.243 e. The minimum Gasteiger partial charge on any atom is -0.346 e. The molecule has 0 aliphatic carbocycles. The first kappa shape index (κ1) is 20.7. The van der Waals surface area contributed by atoms with Gasteiger partial charge in [0.2, 0.25) is 11.8 Å². The highest BCUT2D eigenvalue weighted by molar-refractivity contribution is 7.99. The zero-order chi connectivity index (χ0) is 20.0. The lowest BCUT2D eigenvalue weighted by molar-refractivity contribution is -0.122. The van der Waals surface area contributed by atoms with E-state index in [4.69, 9.17) is 0 Å². The third kappa shape index (κ3) is 5.68. The number of anilines is 1. The monoisotopic (exact) mass is 387 g/mol. The molecule has 0 saturated heterocycles. The van der Waals surface area contributed by atoms with Crippen LogP contribution in [0.3, 0.4) is 0 Å². The largest absolute Gasteiger partial charge is 0.346 e. The molecule has 0 radical (unpaired) electrons. The van der Waals surface area contributed by atoms with Gasteiger partial charge < -0.3 is 15.2 Å². The lowest BCUT2D eigenvalue weighted by Gasteiger charge is -2.13. The normalized spacial score (nSPS) is 10.5. The second-order valence-electron chi connectivity index (χ2n) is 6.32. The van der Waals surface area contributed by atoms with Crippen LogP contribution < -0.4 is 10.6 Å². The minimum atomic E-state index is -0.255. The summed E-state index contributed by atoms with van der Waals surface area (Å²) in [5.41, 5.74) is 3.94. The van der Waals surface area contributed by atoms with E-state index in [1.165, 1.54) is 11.8 Å². The molecule has 2 aromatic rings. The average molecular weight is 388 g/mol. The zero-order valence-corrected chi connectivity index (χ0v) is 16.9. The predicted octanol–water partition coefficient (Wildman–Crippen LogP) is 2.54. The highest BCUT2D eigenvalue weighted by atomic mass is 32.2. The highest BCUT2D eigenvalue weighted by Crippen LogP contribution is 2.21. The van der Waals surface area contributed by atoms with Crippen molar-refractivity contribution in [2.24, 2.45) is 0 Å². The van der Waals surface area contributed by atoms with Gasteiger partial charge >= 0.3 is 0 Å². The van der Waals surface area contributed by atoms with Gasteiger partial charge in [-0.2, -0.15) is 0 Å². The topological polar surface area (TPSA) is 88.9 Å². The maximum absolute atomic E-state index is 12.2. The van der Waals surface area contributed by atoms with Crippen molar-refractivity contribution in [2.75, 3.05) is 17.6 Å². The summed E-state index contributed by atoms with van der Waals surface area (Å²) in [6.07, 6.45) is 1.75. The van der Waals surface area contributed by atoms with Crippen molar-refractivity contribution in [1.29, 1.82) is 0 Å². The third-order valence-corrected chi connectivity index (χ3v) is 4.90. The van der Waals surface area contributed by atoms with Crippen LogP contribution in [0.25, 0.3) is 0 Å². The molecule has 1 heterocycles. The number of hydrogen-bond acceptors (Lipinski definition) is 5. The fourth-order valence-corrected chi connectivity index (χ4v) is 3.55. The van der Waals surface area contributed by atoms with Crippen molar-refractivity contribution in [1.82, 2.24) is 20.1 Å². The molecule has 7 nitrogen and oxygen atoms in total. The molecule has 0 fully saturated rings. The van der Waals surface area contributed by atoms with Gasteiger partial charge in [-0.1, -0.05) is 35.5 Å². The van der Waals surface area contributed by atoms with Crippen LogP contribution in [0, 0.1) is 27.7 Å². The third-order valence-electron chi connectivity index (χ3n) is 3.93. The number of allylic oxidation sites excluding steroid dienone is 1. The molecule has 2 rings (SSSR count). The van der Waals surface area contributed by atoms with E-state index in [0.717, 1.165) is 28.2 Å². The molecule has 0 spiro atoms. The molecule has 144 valence electrons. The Hall–Kier alpha value is -2.61. The van der Waals surface area contributed by atoms with E-state index in [9.17, 15) is 9.59 Å². The molecular weight excluding hydrogens is 362 g/mol. The molecule has 0 unspecified atom stereocenters. The second kappa shape index (κ2) is 9.36. The van der Waals surface area contributed by atoms with E-state index in [0.29, 0.717) is 11.7 Å². The molecule has 1 aromatic heterocycles. The number of hydrogen-bond donors (Lipinski definition) is 2. The molecule has 0 saturated carbocycles. The summed E-state index contributed by atoms with van der Waals surface area (Å²) in [7, 11) is 0. The van der Waals surface area contributed by atoms with Crippen molar-refractivity contribution in [3.05, 3.63) is 47.3 Å². The maximum atomic E-state index is 12.2. The summed E-state index contributed by atoms with van der Waals surface area (Å²) >= 11 is 1.28. The van der Waals surface area contributed by atoms with Crippen molar-refractivity contribution in [3.63, 3.8) is 0 Å². The van der Waals surface area contributed by atoms with Crippen LogP contribution in [0.2, 0.25) is 0 Å². The van der Waals surface area contributed by atoms with Crippen molar-refractivity contribution >= 4 is 29.3 Å². The maximum Gasteiger partial charge on any atom is 0.243 e. The molecule has 8 heteroatoms. The fourth-order valence-electron chi connectivity index (χ4n) is 2.73. The summed E-state index contributed by atoms with van der Waals surface area (Å²) in [5, 5.41) is 14.2. The van der Waals surface area contributed by atoms with Gasteiger partial charge in [-0.05, 0) is 38.8 Å². The van der Waals surface area contributed by atoms with Crippen molar-refractivity contribution in [2.45, 2.75) is 39.4 Å². The summed E-state index contributed by atoms with van der Waals surface area (Å²) in [6, 6.07) is 4.03. The SMILES string of the molecule is C=CCn1c(C)nnc1SCC(=O)NCC(=O)Nc1c(C)cc(C)cc1C. The van der Waals surface area contributed by atoms with Gasteiger partial charge in [0.1, 0.15) is 5.82 Å². The first-order chi connectivity index (χ1) is 12.8. The van der Waals surface area contributed by atoms with Crippen molar-refractivity contribution in [3.8, 4) is 0 Å². The Morgan fingerprint density at radius 1 is 1.15 bits per heavy atom. The number of amides is 2. The molecule has 0 atom stereocenters. The number of nitrogens with one attached hydrogen (secondary N) is 2. The second-order valence-corrected chi connectivity index (χ2v) is 7.26. The molecule has 2 amide bonds. The minimum absolute atomic E-state index is 0.0788. The van der Waals surface area contributed by atoms with Crippen LogP contribution in [-0.4, -0.2) is 38.9 Å². The predicted molar refractivity (Wildman–Crippen MR) is 108 cm³/mol. The first-order valence-corrected chi connectivity index (χ1v) is 9.58. The van der Waals surface area contributed by atoms with Gasteiger partial charge in [0, 0.05) is 12.2 Å². The summed E-state index contributed by atoms with van der Waals surface area (Å²) in [5.74, 6) is 0.430. The van der Waals surface area contributed by atoms with E-state index in [-0.39, 0.29) is 24.1 Å². The lowest BCUT2D eigenvalue weighted by Crippen LogP contribution is -2.34. The molecule has 0 aliphatic rings. The van der Waals surface area contributed by atoms with E-state index in [1.807, 2.05) is 44.4 Å². The van der Waals surface area contributed by atoms with Crippen LogP contribution in [0.15, 0.2) is 29.9 Å². The van der Waals surface area contributed by atoms with Gasteiger partial charge in [-0.15, -0.1) is 16.8 Å². The van der Waals surface area contributed by atoms with Gasteiger partial charge in [-0.3, -0.25) is 9.59 Å². The molecule has 27 heavy (non-hydrogen) atoms. The fraction of sp³-hybridized carbons (Fsp3) is 0.368. The molecular formula is C19H25N5O2S. The Labute approximate surface area is 163 Å². The Kier molecular flexibility index (Phi) is 7.18. The highest BCUT2D eigenvalue weighted by Gasteiger charge is 2.13. The van der Waals surface area contributed by atoms with Gasteiger partial charge in [0.15, 0.2) is 5.16 Å². The van der Waals surface area contributed by atoms with Gasteiger partial charge in [0.05, 0.1) is 12.3 Å². The Balaban J connectivity index is 1.84. The van der Waals surface area contributed by atoms with E-state index in [1.54, 1.807) is 6.08 Å². The number of thioether (sulfide) groups is 1. The summed E-state index contributed by atoms with van der Waals surface area (Å²) < 4.78 is 1.88. The summed E-state index contributed by atoms with van der Waals surface area (Å²) in [4.78, 5) is 24.2. The van der Waals surface area contributed by atoms with Crippen LogP contribution in [0.1, 0.15) is 22.5 Å².